The number of morpholine rings is 1. The summed E-state index contributed by atoms with van der Waals surface area (Å²) < 4.78 is 11.1. The van der Waals surface area contributed by atoms with Gasteiger partial charge >= 0.3 is 0 Å². The standard InChI is InChI=1S/C19H21N3O4/c23-17-9-14(13-2-1-3-20-10-13)8-15-11-22(5-7-26-18(15)17)19(24)16-12-25-6-4-21-16/h1-3,8-10,16,21,23H,4-7,11-12H2/t16-/m1/s1. The Morgan fingerprint density at radius 2 is 2.23 bits per heavy atom. The Bertz CT molecular complexity index is 791. The van der Waals surface area contributed by atoms with Crippen LogP contribution < -0.4 is 10.1 Å². The Labute approximate surface area is 151 Å². The van der Waals surface area contributed by atoms with Crippen LogP contribution in [0.2, 0.25) is 0 Å². The Hall–Kier alpha value is -2.64. The number of carbonyl (C=O) groups excluding carboxylic acids is 1. The molecular formula is C19H21N3O4. The summed E-state index contributed by atoms with van der Waals surface area (Å²) in [6, 6.07) is 7.06. The van der Waals surface area contributed by atoms with E-state index in [2.05, 4.69) is 10.3 Å². The van der Waals surface area contributed by atoms with Gasteiger partial charge in [0, 0.05) is 36.6 Å². The number of phenols is 1. The molecule has 1 saturated heterocycles. The van der Waals surface area contributed by atoms with Gasteiger partial charge in [-0.3, -0.25) is 9.78 Å². The molecule has 0 saturated carbocycles. The molecule has 2 aliphatic rings. The first kappa shape index (κ1) is 16.8. The van der Waals surface area contributed by atoms with Crippen LogP contribution in [-0.2, 0) is 16.1 Å². The molecule has 0 spiro atoms. The van der Waals surface area contributed by atoms with E-state index in [-0.39, 0.29) is 17.7 Å². The fourth-order valence-corrected chi connectivity index (χ4v) is 3.33. The molecule has 1 aromatic heterocycles. The van der Waals surface area contributed by atoms with Crippen LogP contribution in [0.5, 0.6) is 11.5 Å². The van der Waals surface area contributed by atoms with Gasteiger partial charge in [0.2, 0.25) is 5.91 Å². The molecule has 26 heavy (non-hydrogen) atoms. The van der Waals surface area contributed by atoms with Crippen molar-refractivity contribution in [3.05, 3.63) is 42.2 Å². The molecule has 7 heteroatoms. The van der Waals surface area contributed by atoms with Crippen molar-refractivity contribution in [1.29, 1.82) is 0 Å². The van der Waals surface area contributed by atoms with Crippen LogP contribution in [0.3, 0.4) is 0 Å². The van der Waals surface area contributed by atoms with Gasteiger partial charge in [0.05, 0.1) is 19.8 Å². The van der Waals surface area contributed by atoms with Gasteiger partial charge in [-0.25, -0.2) is 0 Å². The van der Waals surface area contributed by atoms with Crippen molar-refractivity contribution >= 4 is 5.91 Å². The molecule has 1 fully saturated rings. The molecule has 2 N–H and O–H groups in total. The third-order valence-electron chi connectivity index (χ3n) is 4.64. The van der Waals surface area contributed by atoms with Gasteiger partial charge in [-0.1, -0.05) is 6.07 Å². The van der Waals surface area contributed by atoms with E-state index in [9.17, 15) is 9.90 Å². The van der Waals surface area contributed by atoms with Crippen LogP contribution in [0.1, 0.15) is 5.56 Å². The van der Waals surface area contributed by atoms with Crippen molar-refractivity contribution in [2.45, 2.75) is 12.6 Å². The predicted molar refractivity (Wildman–Crippen MR) is 94.9 cm³/mol. The van der Waals surface area contributed by atoms with Crippen LogP contribution >= 0.6 is 0 Å². The smallest absolute Gasteiger partial charge is 0.242 e. The summed E-state index contributed by atoms with van der Waals surface area (Å²) in [5, 5.41) is 13.6. The lowest BCUT2D eigenvalue weighted by atomic mass is 10.0. The first-order valence-electron chi connectivity index (χ1n) is 8.71. The number of rotatable bonds is 2. The third-order valence-corrected chi connectivity index (χ3v) is 4.64. The Balaban J connectivity index is 1.62. The zero-order chi connectivity index (χ0) is 17.9. The van der Waals surface area contributed by atoms with Crippen LogP contribution in [-0.4, -0.2) is 59.8 Å². The van der Waals surface area contributed by atoms with Crippen molar-refractivity contribution in [3.63, 3.8) is 0 Å². The molecule has 0 radical (unpaired) electrons. The maximum atomic E-state index is 12.8. The molecule has 2 aromatic rings. The van der Waals surface area contributed by atoms with Gasteiger partial charge < -0.3 is 24.8 Å². The highest BCUT2D eigenvalue weighted by atomic mass is 16.5. The van der Waals surface area contributed by atoms with E-state index in [0.717, 1.165) is 16.7 Å². The van der Waals surface area contributed by atoms with Crippen LogP contribution in [0.15, 0.2) is 36.7 Å². The second kappa shape index (κ2) is 7.31. The van der Waals surface area contributed by atoms with Gasteiger partial charge in [0.25, 0.3) is 0 Å². The van der Waals surface area contributed by atoms with Crippen molar-refractivity contribution in [2.24, 2.45) is 0 Å². The van der Waals surface area contributed by atoms with Crippen molar-refractivity contribution in [2.75, 3.05) is 32.9 Å². The Morgan fingerprint density at radius 1 is 1.31 bits per heavy atom. The summed E-state index contributed by atoms with van der Waals surface area (Å²) in [4.78, 5) is 18.7. The summed E-state index contributed by atoms with van der Waals surface area (Å²) in [6.07, 6.45) is 3.44. The number of benzene rings is 1. The van der Waals surface area contributed by atoms with Crippen LogP contribution in [0.25, 0.3) is 11.1 Å². The van der Waals surface area contributed by atoms with E-state index in [1.165, 1.54) is 0 Å². The molecule has 2 aliphatic heterocycles. The molecule has 4 rings (SSSR count). The maximum absolute atomic E-state index is 12.8. The van der Waals surface area contributed by atoms with Gasteiger partial charge in [0.1, 0.15) is 12.6 Å². The Morgan fingerprint density at radius 3 is 3.00 bits per heavy atom. The van der Waals surface area contributed by atoms with Gasteiger partial charge in [-0.15, -0.1) is 0 Å². The number of phenolic OH excluding ortho intramolecular Hbond substituents is 1. The number of carbonyl (C=O) groups is 1. The highest BCUT2D eigenvalue weighted by Crippen LogP contribution is 2.37. The number of hydrogen-bond donors (Lipinski definition) is 2. The maximum Gasteiger partial charge on any atom is 0.242 e. The molecule has 0 bridgehead atoms. The topological polar surface area (TPSA) is 83.9 Å². The summed E-state index contributed by atoms with van der Waals surface area (Å²) >= 11 is 0. The summed E-state index contributed by atoms with van der Waals surface area (Å²) in [5.74, 6) is 0.517. The monoisotopic (exact) mass is 355 g/mol. The Kier molecular flexibility index (Phi) is 4.73. The summed E-state index contributed by atoms with van der Waals surface area (Å²) in [6.45, 7) is 2.86. The number of hydrogen-bond acceptors (Lipinski definition) is 6. The van der Waals surface area contributed by atoms with Crippen molar-refractivity contribution in [1.82, 2.24) is 15.2 Å². The van der Waals surface area contributed by atoms with E-state index in [4.69, 9.17) is 9.47 Å². The van der Waals surface area contributed by atoms with E-state index in [0.29, 0.717) is 45.2 Å². The minimum atomic E-state index is -0.333. The molecule has 1 aromatic carbocycles. The minimum absolute atomic E-state index is 0.00702. The van der Waals surface area contributed by atoms with Gasteiger partial charge in [-0.05, 0) is 23.8 Å². The molecule has 1 atom stereocenters. The number of aromatic nitrogens is 1. The highest BCUT2D eigenvalue weighted by molar-refractivity contribution is 5.82. The molecule has 7 nitrogen and oxygen atoms in total. The zero-order valence-corrected chi connectivity index (χ0v) is 14.4. The van der Waals surface area contributed by atoms with Gasteiger partial charge in [-0.2, -0.15) is 0 Å². The number of aromatic hydroxyl groups is 1. The third kappa shape index (κ3) is 3.36. The molecular weight excluding hydrogens is 334 g/mol. The first-order valence-corrected chi connectivity index (χ1v) is 8.71. The lowest BCUT2D eigenvalue weighted by molar-refractivity contribution is -0.137. The van der Waals surface area contributed by atoms with Crippen LogP contribution in [0.4, 0.5) is 0 Å². The average Bonchev–Trinajstić information content (AvgIpc) is 2.91. The second-order valence-electron chi connectivity index (χ2n) is 6.42. The summed E-state index contributed by atoms with van der Waals surface area (Å²) in [5.41, 5.74) is 2.52. The van der Waals surface area contributed by atoms with E-state index in [1.807, 2.05) is 18.2 Å². The molecule has 3 heterocycles. The largest absolute Gasteiger partial charge is 0.504 e. The fraction of sp³-hybridized carbons (Fsp3) is 0.368. The van der Waals surface area contributed by atoms with Crippen LogP contribution in [0, 0.1) is 0 Å². The number of pyridine rings is 1. The summed E-state index contributed by atoms with van der Waals surface area (Å²) in [7, 11) is 0. The average molecular weight is 355 g/mol. The number of nitrogens with one attached hydrogen (secondary N) is 1. The molecule has 0 aliphatic carbocycles. The lowest BCUT2D eigenvalue weighted by Crippen LogP contribution is -2.52. The molecule has 1 amide bonds. The van der Waals surface area contributed by atoms with E-state index in [1.54, 1.807) is 23.4 Å². The SMILES string of the molecule is O=C([C@H]1COCCN1)N1CCOc2c(O)cc(-c3cccnc3)cc2C1. The highest BCUT2D eigenvalue weighted by Gasteiger charge is 2.29. The minimum Gasteiger partial charge on any atom is -0.504 e. The zero-order valence-electron chi connectivity index (χ0n) is 14.4. The van der Waals surface area contributed by atoms with E-state index < -0.39 is 0 Å². The van der Waals surface area contributed by atoms with Crippen molar-refractivity contribution < 1.29 is 19.4 Å². The fourth-order valence-electron chi connectivity index (χ4n) is 3.33. The molecule has 0 unspecified atom stereocenters. The number of nitrogens with zero attached hydrogens (tertiary/aromatic N) is 2. The number of ether oxygens (including phenoxy) is 2. The molecule has 136 valence electrons. The first-order chi connectivity index (χ1) is 12.7. The number of fused-ring (bicyclic) bond motifs is 1. The number of amides is 1. The lowest BCUT2D eigenvalue weighted by Gasteiger charge is -2.29. The normalized spacial score (nSPS) is 20.0. The van der Waals surface area contributed by atoms with Crippen molar-refractivity contribution in [3.8, 4) is 22.6 Å². The van der Waals surface area contributed by atoms with E-state index >= 15 is 0 Å². The predicted octanol–water partition coefficient (Wildman–Crippen LogP) is 1.16. The quantitative estimate of drug-likeness (QED) is 0.841. The van der Waals surface area contributed by atoms with Gasteiger partial charge in [0.15, 0.2) is 11.5 Å². The second-order valence-corrected chi connectivity index (χ2v) is 6.42.